The van der Waals surface area contributed by atoms with Crippen LogP contribution in [0.2, 0.25) is 0 Å². The van der Waals surface area contributed by atoms with E-state index in [1.807, 2.05) is 49.5 Å². The fourth-order valence-corrected chi connectivity index (χ4v) is 4.94. The zero-order valence-electron chi connectivity index (χ0n) is 21.1. The molecule has 3 aromatic heterocycles. The molecule has 0 fully saturated rings. The predicted molar refractivity (Wildman–Crippen MR) is 146 cm³/mol. The number of hydrogen-bond donors (Lipinski definition) is 3. The lowest BCUT2D eigenvalue weighted by Gasteiger charge is -2.34. The summed E-state index contributed by atoms with van der Waals surface area (Å²) in [6, 6.07) is 13.2. The standard InChI is InChI=1S/C29H24F3N7/c1-16-5-7-18(29(30,31)32)14-23(16)39-13-10-19-20(26(39)33)8-6-17(2)24(19)38-28-21(4-3-11-34-28)25-22-9-12-35-27(22)37-15-36-25/h3-15,26H,33H2,1-2H3,(H,34,38)(H,35,36,37). The van der Waals surface area contributed by atoms with E-state index in [0.29, 0.717) is 17.1 Å². The van der Waals surface area contributed by atoms with Gasteiger partial charge in [0.2, 0.25) is 0 Å². The zero-order chi connectivity index (χ0) is 27.3. The van der Waals surface area contributed by atoms with Crippen LogP contribution in [0.1, 0.15) is 34.0 Å². The van der Waals surface area contributed by atoms with E-state index in [1.54, 1.807) is 24.2 Å². The van der Waals surface area contributed by atoms with Gasteiger partial charge in [-0.25, -0.2) is 15.0 Å². The number of nitrogens with zero attached hydrogens (tertiary/aromatic N) is 4. The lowest BCUT2D eigenvalue weighted by atomic mass is 9.95. The number of nitrogens with one attached hydrogen (secondary N) is 2. The Morgan fingerprint density at radius 2 is 1.82 bits per heavy atom. The molecule has 1 unspecified atom stereocenters. The van der Waals surface area contributed by atoms with Crippen LogP contribution in [0.4, 0.5) is 30.4 Å². The number of aromatic nitrogens is 4. The third kappa shape index (κ3) is 4.28. The van der Waals surface area contributed by atoms with Gasteiger partial charge >= 0.3 is 6.18 Å². The third-order valence-electron chi connectivity index (χ3n) is 6.98. The number of aryl methyl sites for hydroxylation is 2. The van der Waals surface area contributed by atoms with Crippen molar-refractivity contribution in [2.75, 3.05) is 10.2 Å². The molecule has 6 rings (SSSR count). The second-order valence-electron chi connectivity index (χ2n) is 9.41. The summed E-state index contributed by atoms with van der Waals surface area (Å²) in [5.41, 5.74) is 12.7. The van der Waals surface area contributed by atoms with E-state index in [9.17, 15) is 13.2 Å². The van der Waals surface area contributed by atoms with E-state index >= 15 is 0 Å². The molecule has 4 heterocycles. The molecule has 4 N–H and O–H groups in total. The summed E-state index contributed by atoms with van der Waals surface area (Å²) in [6.45, 7) is 3.74. The van der Waals surface area contributed by atoms with Gasteiger partial charge in [-0.15, -0.1) is 0 Å². The highest BCUT2D eigenvalue weighted by atomic mass is 19.4. The molecule has 0 aliphatic carbocycles. The van der Waals surface area contributed by atoms with Gasteiger partial charge in [-0.2, -0.15) is 13.2 Å². The third-order valence-corrected chi connectivity index (χ3v) is 6.98. The summed E-state index contributed by atoms with van der Waals surface area (Å²) in [5.74, 6) is 0.605. The quantitative estimate of drug-likeness (QED) is 0.237. The van der Waals surface area contributed by atoms with Crippen molar-refractivity contribution in [3.63, 3.8) is 0 Å². The second kappa shape index (κ2) is 9.25. The maximum atomic E-state index is 13.4. The highest BCUT2D eigenvalue weighted by Gasteiger charge is 2.32. The van der Waals surface area contributed by atoms with Crippen LogP contribution in [0.5, 0.6) is 0 Å². The number of benzene rings is 2. The number of hydrogen-bond acceptors (Lipinski definition) is 6. The smallest absolute Gasteiger partial charge is 0.346 e. The van der Waals surface area contributed by atoms with Gasteiger partial charge in [0.1, 0.15) is 24.0 Å². The van der Waals surface area contributed by atoms with Crippen molar-refractivity contribution in [1.82, 2.24) is 19.9 Å². The number of halogens is 3. The second-order valence-corrected chi connectivity index (χ2v) is 9.41. The molecule has 1 aliphatic rings. The predicted octanol–water partition coefficient (Wildman–Crippen LogP) is 6.85. The molecule has 1 atom stereocenters. The summed E-state index contributed by atoms with van der Waals surface area (Å²) >= 11 is 0. The lowest BCUT2D eigenvalue weighted by Crippen LogP contribution is -2.33. The molecule has 0 amide bonds. The summed E-state index contributed by atoms with van der Waals surface area (Å²) in [5, 5.41) is 4.35. The first-order valence-corrected chi connectivity index (χ1v) is 12.3. The molecule has 0 spiro atoms. The first-order chi connectivity index (χ1) is 18.7. The maximum Gasteiger partial charge on any atom is 0.416 e. The van der Waals surface area contributed by atoms with Crippen molar-refractivity contribution in [2.45, 2.75) is 26.2 Å². The molecule has 5 aromatic rings. The Balaban J connectivity index is 1.41. The fraction of sp³-hybridized carbons (Fsp3) is 0.138. The van der Waals surface area contributed by atoms with E-state index in [1.165, 1.54) is 12.4 Å². The Morgan fingerprint density at radius 3 is 2.64 bits per heavy atom. The number of pyridine rings is 1. The monoisotopic (exact) mass is 527 g/mol. The van der Waals surface area contributed by atoms with Gasteiger partial charge in [-0.3, -0.25) is 0 Å². The Labute approximate surface area is 222 Å². The highest BCUT2D eigenvalue weighted by Crippen LogP contribution is 2.41. The molecule has 39 heavy (non-hydrogen) atoms. The van der Waals surface area contributed by atoms with Crippen LogP contribution >= 0.6 is 0 Å². The molecular formula is C29H24F3N7. The highest BCUT2D eigenvalue weighted by molar-refractivity contribution is 5.94. The van der Waals surface area contributed by atoms with Crippen LogP contribution in [0.3, 0.4) is 0 Å². The Kier molecular flexibility index (Phi) is 5.84. The van der Waals surface area contributed by atoms with Crippen LogP contribution < -0.4 is 16.0 Å². The lowest BCUT2D eigenvalue weighted by molar-refractivity contribution is -0.137. The van der Waals surface area contributed by atoms with Gasteiger partial charge in [0.25, 0.3) is 0 Å². The molecule has 7 nitrogen and oxygen atoms in total. The summed E-state index contributed by atoms with van der Waals surface area (Å²) in [7, 11) is 0. The Morgan fingerprint density at radius 1 is 1.00 bits per heavy atom. The van der Waals surface area contributed by atoms with Crippen molar-refractivity contribution in [2.24, 2.45) is 5.73 Å². The molecule has 10 heteroatoms. The number of nitrogens with two attached hydrogens (primary N) is 1. The number of aromatic amines is 1. The van der Waals surface area contributed by atoms with Gasteiger partial charge in [0.05, 0.1) is 16.9 Å². The van der Waals surface area contributed by atoms with E-state index in [0.717, 1.165) is 56.8 Å². The van der Waals surface area contributed by atoms with Crippen LogP contribution in [0, 0.1) is 13.8 Å². The summed E-state index contributed by atoms with van der Waals surface area (Å²) in [6.07, 6.45) is 3.47. The van der Waals surface area contributed by atoms with Crippen molar-refractivity contribution in [3.8, 4) is 11.3 Å². The first-order valence-electron chi connectivity index (χ1n) is 12.3. The molecule has 196 valence electrons. The summed E-state index contributed by atoms with van der Waals surface area (Å²) < 4.78 is 40.3. The summed E-state index contributed by atoms with van der Waals surface area (Å²) in [4.78, 5) is 18.2. The van der Waals surface area contributed by atoms with E-state index in [4.69, 9.17) is 5.73 Å². The Hall–Kier alpha value is -4.70. The fourth-order valence-electron chi connectivity index (χ4n) is 4.94. The minimum atomic E-state index is -4.45. The van der Waals surface area contributed by atoms with Gasteiger partial charge < -0.3 is 20.9 Å². The Bertz CT molecular complexity index is 1740. The van der Waals surface area contributed by atoms with Gasteiger partial charge in [-0.1, -0.05) is 18.2 Å². The van der Waals surface area contributed by atoms with Crippen LogP contribution in [0.25, 0.3) is 28.4 Å². The van der Waals surface area contributed by atoms with Crippen molar-refractivity contribution >= 4 is 34.3 Å². The molecule has 1 aliphatic heterocycles. The van der Waals surface area contributed by atoms with Crippen LogP contribution in [-0.2, 0) is 6.18 Å². The molecule has 0 bridgehead atoms. The van der Waals surface area contributed by atoms with Crippen LogP contribution in [-0.4, -0.2) is 19.9 Å². The molecule has 2 aromatic carbocycles. The number of H-pyrrole nitrogens is 1. The van der Waals surface area contributed by atoms with Crippen LogP contribution in [0.15, 0.2) is 73.5 Å². The average Bonchev–Trinajstić information content (AvgIpc) is 3.40. The molecular weight excluding hydrogens is 503 g/mol. The SMILES string of the molecule is Cc1ccc(C(F)(F)F)cc1N1C=Cc2c(ccc(C)c2Nc2ncccc2-c2ncnc3[nH]ccc23)C1N. The molecule has 0 radical (unpaired) electrons. The van der Waals surface area contributed by atoms with E-state index in [-0.39, 0.29) is 0 Å². The normalized spacial score (nSPS) is 15.0. The van der Waals surface area contributed by atoms with Gasteiger partial charge in [-0.05, 0) is 66.9 Å². The van der Waals surface area contributed by atoms with Crippen molar-refractivity contribution < 1.29 is 13.2 Å². The van der Waals surface area contributed by atoms with Gasteiger partial charge in [0, 0.05) is 40.8 Å². The van der Waals surface area contributed by atoms with Crippen molar-refractivity contribution in [1.29, 1.82) is 0 Å². The van der Waals surface area contributed by atoms with E-state index < -0.39 is 17.9 Å². The minimum Gasteiger partial charge on any atom is -0.346 e. The first kappa shape index (κ1) is 24.6. The minimum absolute atomic E-state index is 0.403. The molecule has 0 saturated carbocycles. The average molecular weight is 528 g/mol. The van der Waals surface area contributed by atoms with Crippen molar-refractivity contribution in [3.05, 3.63) is 101 Å². The number of anilines is 3. The topological polar surface area (TPSA) is 95.7 Å². The largest absolute Gasteiger partial charge is 0.416 e. The van der Waals surface area contributed by atoms with Gasteiger partial charge in [0.15, 0.2) is 0 Å². The van der Waals surface area contributed by atoms with E-state index in [2.05, 4.69) is 25.3 Å². The number of alkyl halides is 3. The number of fused-ring (bicyclic) bond motifs is 2. The zero-order valence-corrected chi connectivity index (χ0v) is 21.1. The number of rotatable bonds is 4. The molecule has 0 saturated heterocycles. The maximum absolute atomic E-state index is 13.4.